The van der Waals surface area contributed by atoms with Crippen molar-refractivity contribution in [3.05, 3.63) is 29.1 Å². The fourth-order valence-corrected chi connectivity index (χ4v) is 2.85. The summed E-state index contributed by atoms with van der Waals surface area (Å²) in [6.07, 6.45) is 4.60. The van der Waals surface area contributed by atoms with Gasteiger partial charge in [-0.3, -0.25) is 4.68 Å². The Morgan fingerprint density at radius 2 is 2.47 bits per heavy atom. The van der Waals surface area contributed by atoms with Crippen LogP contribution in [0.25, 0.3) is 11.3 Å². The molecule has 102 valence electrons. The van der Waals surface area contributed by atoms with E-state index in [2.05, 4.69) is 21.9 Å². The first-order chi connectivity index (χ1) is 9.42. The van der Waals surface area contributed by atoms with Crippen molar-refractivity contribution in [2.45, 2.75) is 25.5 Å². The van der Waals surface area contributed by atoms with Gasteiger partial charge in [0.15, 0.2) is 0 Å². The van der Waals surface area contributed by atoms with Crippen LogP contribution in [0.4, 0.5) is 0 Å². The maximum atomic E-state index is 5.64. The van der Waals surface area contributed by atoms with E-state index in [4.69, 9.17) is 9.47 Å². The molecule has 0 saturated carbocycles. The van der Waals surface area contributed by atoms with E-state index in [0.717, 1.165) is 31.7 Å². The lowest BCUT2D eigenvalue weighted by atomic mass is 10.2. The fraction of sp³-hybridized carbons (Fsp3) is 0.500. The highest BCUT2D eigenvalue weighted by Gasteiger charge is 2.15. The first-order valence-electron chi connectivity index (χ1n) is 6.67. The van der Waals surface area contributed by atoms with E-state index in [0.29, 0.717) is 19.3 Å². The molecule has 0 amide bonds. The van der Waals surface area contributed by atoms with Crippen molar-refractivity contribution in [2.24, 2.45) is 0 Å². The van der Waals surface area contributed by atoms with Gasteiger partial charge in [0, 0.05) is 23.7 Å². The van der Waals surface area contributed by atoms with Crippen molar-refractivity contribution in [1.29, 1.82) is 0 Å². The fourth-order valence-electron chi connectivity index (χ4n) is 2.20. The summed E-state index contributed by atoms with van der Waals surface area (Å²) in [4.78, 5) is 0. The van der Waals surface area contributed by atoms with Crippen LogP contribution in [0.15, 0.2) is 29.1 Å². The Morgan fingerprint density at radius 3 is 3.26 bits per heavy atom. The zero-order valence-electron chi connectivity index (χ0n) is 10.8. The molecule has 3 heterocycles. The third-order valence-electron chi connectivity index (χ3n) is 3.25. The zero-order chi connectivity index (χ0) is 12.9. The summed E-state index contributed by atoms with van der Waals surface area (Å²) in [6.45, 7) is 3.07. The van der Waals surface area contributed by atoms with E-state index in [1.54, 1.807) is 11.3 Å². The van der Waals surface area contributed by atoms with Gasteiger partial charge in [0.25, 0.3) is 0 Å². The SMILES string of the molecule is c1cc(-c2ccn(CCOCC3CCCO3)n2)cs1. The van der Waals surface area contributed by atoms with Gasteiger partial charge in [0.2, 0.25) is 0 Å². The van der Waals surface area contributed by atoms with Crippen LogP contribution in [-0.2, 0) is 16.0 Å². The molecule has 2 aromatic heterocycles. The summed E-state index contributed by atoms with van der Waals surface area (Å²) in [7, 11) is 0. The molecule has 0 bridgehead atoms. The van der Waals surface area contributed by atoms with Crippen LogP contribution in [0.5, 0.6) is 0 Å². The van der Waals surface area contributed by atoms with Crippen molar-refractivity contribution < 1.29 is 9.47 Å². The smallest absolute Gasteiger partial charge is 0.0931 e. The monoisotopic (exact) mass is 278 g/mol. The molecule has 3 rings (SSSR count). The largest absolute Gasteiger partial charge is 0.377 e. The molecule has 0 N–H and O–H groups in total. The summed E-state index contributed by atoms with van der Waals surface area (Å²) in [5, 5.41) is 8.71. The number of rotatable bonds is 6. The maximum absolute atomic E-state index is 5.64. The van der Waals surface area contributed by atoms with Gasteiger partial charge in [-0.25, -0.2) is 0 Å². The number of thiophene rings is 1. The molecule has 1 atom stereocenters. The Morgan fingerprint density at radius 1 is 1.47 bits per heavy atom. The molecule has 4 nitrogen and oxygen atoms in total. The Hall–Kier alpha value is -1.17. The predicted molar refractivity (Wildman–Crippen MR) is 75.3 cm³/mol. The van der Waals surface area contributed by atoms with E-state index >= 15 is 0 Å². The number of aromatic nitrogens is 2. The third kappa shape index (κ3) is 3.43. The molecule has 1 unspecified atom stereocenters. The standard InChI is InChI=1S/C14H18N2O2S/c1-2-13(18-7-1)10-17-8-6-16-5-3-14(15-16)12-4-9-19-11-12/h3-5,9,11,13H,1-2,6-8,10H2. The minimum Gasteiger partial charge on any atom is -0.377 e. The Bertz CT molecular complexity index is 489. The van der Waals surface area contributed by atoms with E-state index in [9.17, 15) is 0 Å². The van der Waals surface area contributed by atoms with Gasteiger partial charge in [-0.05, 0) is 30.4 Å². The molecule has 0 spiro atoms. The number of nitrogens with zero attached hydrogens (tertiary/aromatic N) is 2. The molecule has 0 aliphatic carbocycles. The summed E-state index contributed by atoms with van der Waals surface area (Å²) >= 11 is 1.69. The number of hydrogen-bond acceptors (Lipinski definition) is 4. The van der Waals surface area contributed by atoms with Crippen molar-refractivity contribution in [3.63, 3.8) is 0 Å². The second kappa shape index (κ2) is 6.32. The van der Waals surface area contributed by atoms with Gasteiger partial charge >= 0.3 is 0 Å². The minimum atomic E-state index is 0.305. The average Bonchev–Trinajstić information content (AvgIpc) is 3.15. The van der Waals surface area contributed by atoms with Gasteiger partial charge < -0.3 is 9.47 Å². The van der Waals surface area contributed by atoms with Crippen LogP contribution >= 0.6 is 11.3 Å². The first kappa shape index (κ1) is 12.8. The zero-order valence-corrected chi connectivity index (χ0v) is 11.6. The molecule has 1 aliphatic rings. The topological polar surface area (TPSA) is 36.3 Å². The van der Waals surface area contributed by atoms with Gasteiger partial charge in [0.05, 0.1) is 31.6 Å². The van der Waals surface area contributed by atoms with E-state index < -0.39 is 0 Å². The van der Waals surface area contributed by atoms with Crippen LogP contribution in [0, 0.1) is 0 Å². The van der Waals surface area contributed by atoms with Crippen molar-refractivity contribution in [1.82, 2.24) is 9.78 Å². The maximum Gasteiger partial charge on any atom is 0.0931 e. The highest BCUT2D eigenvalue weighted by Crippen LogP contribution is 2.19. The number of ether oxygens (including phenoxy) is 2. The Kier molecular flexibility index (Phi) is 4.27. The van der Waals surface area contributed by atoms with Crippen LogP contribution in [-0.4, -0.2) is 35.7 Å². The van der Waals surface area contributed by atoms with Crippen molar-refractivity contribution in [2.75, 3.05) is 19.8 Å². The lowest BCUT2D eigenvalue weighted by molar-refractivity contribution is 0.0142. The van der Waals surface area contributed by atoms with Gasteiger partial charge in [-0.2, -0.15) is 16.4 Å². The minimum absolute atomic E-state index is 0.305. The van der Waals surface area contributed by atoms with E-state index in [1.165, 1.54) is 5.56 Å². The van der Waals surface area contributed by atoms with Crippen LogP contribution < -0.4 is 0 Å². The Balaban J connectivity index is 1.43. The molecule has 1 fully saturated rings. The molecular weight excluding hydrogens is 260 g/mol. The average molecular weight is 278 g/mol. The van der Waals surface area contributed by atoms with Crippen LogP contribution in [0.2, 0.25) is 0 Å². The quantitative estimate of drug-likeness (QED) is 0.762. The van der Waals surface area contributed by atoms with Crippen LogP contribution in [0.1, 0.15) is 12.8 Å². The summed E-state index contributed by atoms with van der Waals surface area (Å²) < 4.78 is 13.1. The number of hydrogen-bond donors (Lipinski definition) is 0. The molecule has 1 saturated heterocycles. The van der Waals surface area contributed by atoms with E-state index in [-0.39, 0.29) is 0 Å². The van der Waals surface area contributed by atoms with E-state index in [1.807, 2.05) is 16.9 Å². The first-order valence-corrected chi connectivity index (χ1v) is 7.61. The molecule has 19 heavy (non-hydrogen) atoms. The summed E-state index contributed by atoms with van der Waals surface area (Å²) in [5.41, 5.74) is 2.21. The van der Waals surface area contributed by atoms with Crippen molar-refractivity contribution >= 4 is 11.3 Å². The summed E-state index contributed by atoms with van der Waals surface area (Å²) in [5.74, 6) is 0. The second-order valence-corrected chi connectivity index (χ2v) is 5.47. The molecule has 5 heteroatoms. The Labute approximate surface area is 117 Å². The lowest BCUT2D eigenvalue weighted by Crippen LogP contribution is -2.16. The molecule has 0 aromatic carbocycles. The normalized spacial score (nSPS) is 19.1. The van der Waals surface area contributed by atoms with Gasteiger partial charge in [0.1, 0.15) is 0 Å². The van der Waals surface area contributed by atoms with Gasteiger partial charge in [-0.15, -0.1) is 0 Å². The highest BCUT2D eigenvalue weighted by molar-refractivity contribution is 7.08. The molecular formula is C14H18N2O2S. The predicted octanol–water partition coefficient (Wildman–Crippen LogP) is 2.81. The molecule has 2 aromatic rings. The van der Waals surface area contributed by atoms with Gasteiger partial charge in [-0.1, -0.05) is 0 Å². The molecule has 0 radical (unpaired) electrons. The van der Waals surface area contributed by atoms with Crippen LogP contribution in [0.3, 0.4) is 0 Å². The molecule has 1 aliphatic heterocycles. The lowest BCUT2D eigenvalue weighted by Gasteiger charge is -2.09. The third-order valence-corrected chi connectivity index (χ3v) is 3.93. The second-order valence-electron chi connectivity index (χ2n) is 4.69. The highest BCUT2D eigenvalue weighted by atomic mass is 32.1. The summed E-state index contributed by atoms with van der Waals surface area (Å²) in [6, 6.07) is 4.13. The van der Waals surface area contributed by atoms with Crippen molar-refractivity contribution in [3.8, 4) is 11.3 Å².